The first kappa shape index (κ1) is 8.62. The second kappa shape index (κ2) is 3.06. The van der Waals surface area contributed by atoms with Gasteiger partial charge < -0.3 is 5.73 Å². The molecule has 1 aromatic heterocycles. The Labute approximate surface area is 79.9 Å². The standard InChI is InChI=1S/C10H8FN3/c11-7-3-1-2-6-4-5-8(10(12)13)14-9(6)7/h1-5H,(H3,12,13). The lowest BCUT2D eigenvalue weighted by atomic mass is 10.2. The van der Waals surface area contributed by atoms with E-state index in [4.69, 9.17) is 11.1 Å². The lowest BCUT2D eigenvalue weighted by Gasteiger charge is -2.01. The molecular formula is C10H8FN3. The molecule has 3 N–H and O–H groups in total. The molecule has 0 spiro atoms. The molecule has 0 aliphatic rings. The number of nitrogen functional groups attached to an aromatic ring is 1. The summed E-state index contributed by atoms with van der Waals surface area (Å²) in [6.07, 6.45) is 0. The second-order valence-corrected chi connectivity index (χ2v) is 2.92. The number of nitrogens with two attached hydrogens (primary N) is 1. The van der Waals surface area contributed by atoms with Gasteiger partial charge in [0.2, 0.25) is 0 Å². The predicted molar refractivity (Wildman–Crippen MR) is 52.7 cm³/mol. The minimum absolute atomic E-state index is 0.157. The van der Waals surface area contributed by atoms with Crippen molar-refractivity contribution in [3.05, 3.63) is 41.8 Å². The van der Waals surface area contributed by atoms with Crippen molar-refractivity contribution in [2.45, 2.75) is 0 Å². The number of para-hydroxylation sites is 1. The zero-order valence-corrected chi connectivity index (χ0v) is 7.29. The number of halogens is 1. The van der Waals surface area contributed by atoms with Crippen molar-refractivity contribution in [1.82, 2.24) is 4.98 Å². The fourth-order valence-electron chi connectivity index (χ4n) is 1.26. The Morgan fingerprint density at radius 3 is 2.79 bits per heavy atom. The number of nitrogens with zero attached hydrogens (tertiary/aromatic N) is 1. The molecule has 0 saturated heterocycles. The Bertz CT molecular complexity index is 508. The topological polar surface area (TPSA) is 62.8 Å². The van der Waals surface area contributed by atoms with Crippen molar-refractivity contribution < 1.29 is 4.39 Å². The monoisotopic (exact) mass is 189 g/mol. The Morgan fingerprint density at radius 1 is 1.29 bits per heavy atom. The molecule has 0 aliphatic heterocycles. The summed E-state index contributed by atoms with van der Waals surface area (Å²) in [6, 6.07) is 8.01. The van der Waals surface area contributed by atoms with E-state index in [0.717, 1.165) is 0 Å². The molecule has 70 valence electrons. The molecule has 2 rings (SSSR count). The summed E-state index contributed by atoms with van der Waals surface area (Å²) in [5, 5.41) is 7.88. The number of hydrogen-bond acceptors (Lipinski definition) is 2. The van der Waals surface area contributed by atoms with Crippen LogP contribution in [-0.4, -0.2) is 10.8 Å². The average Bonchev–Trinajstić information content (AvgIpc) is 2.18. The van der Waals surface area contributed by atoms with Gasteiger partial charge in [0.1, 0.15) is 22.9 Å². The van der Waals surface area contributed by atoms with Gasteiger partial charge in [0.15, 0.2) is 0 Å². The van der Waals surface area contributed by atoms with Crippen molar-refractivity contribution >= 4 is 16.7 Å². The zero-order chi connectivity index (χ0) is 10.1. The van der Waals surface area contributed by atoms with E-state index in [9.17, 15) is 4.39 Å². The van der Waals surface area contributed by atoms with Crippen LogP contribution in [0.3, 0.4) is 0 Å². The fourth-order valence-corrected chi connectivity index (χ4v) is 1.26. The predicted octanol–water partition coefficient (Wildman–Crippen LogP) is 1.66. The maximum Gasteiger partial charge on any atom is 0.149 e. The molecule has 0 atom stereocenters. The fraction of sp³-hybridized carbons (Fsp3) is 0. The van der Waals surface area contributed by atoms with Crippen LogP contribution in [0.25, 0.3) is 10.9 Å². The molecule has 4 heteroatoms. The molecule has 3 nitrogen and oxygen atoms in total. The van der Waals surface area contributed by atoms with Gasteiger partial charge in [-0.1, -0.05) is 18.2 Å². The van der Waals surface area contributed by atoms with Crippen LogP contribution in [0.2, 0.25) is 0 Å². The molecule has 0 unspecified atom stereocenters. The Hall–Kier alpha value is -1.97. The third-order valence-corrected chi connectivity index (χ3v) is 1.95. The van der Waals surface area contributed by atoms with E-state index in [1.54, 1.807) is 24.3 Å². The van der Waals surface area contributed by atoms with Crippen molar-refractivity contribution in [3.63, 3.8) is 0 Å². The second-order valence-electron chi connectivity index (χ2n) is 2.92. The van der Waals surface area contributed by atoms with Gasteiger partial charge in [-0.25, -0.2) is 9.37 Å². The zero-order valence-electron chi connectivity index (χ0n) is 7.29. The normalized spacial score (nSPS) is 10.4. The summed E-state index contributed by atoms with van der Waals surface area (Å²) >= 11 is 0. The highest BCUT2D eigenvalue weighted by Crippen LogP contribution is 2.15. The first-order valence-corrected chi connectivity index (χ1v) is 4.08. The number of rotatable bonds is 1. The summed E-state index contributed by atoms with van der Waals surface area (Å²) in [7, 11) is 0. The lowest BCUT2D eigenvalue weighted by molar-refractivity contribution is 0.637. The number of nitrogens with one attached hydrogen (secondary N) is 1. The van der Waals surface area contributed by atoms with Gasteiger partial charge in [-0.2, -0.15) is 0 Å². The molecule has 0 radical (unpaired) electrons. The third kappa shape index (κ3) is 1.31. The number of amidine groups is 1. The largest absolute Gasteiger partial charge is 0.382 e. The summed E-state index contributed by atoms with van der Waals surface area (Å²) < 4.78 is 13.3. The van der Waals surface area contributed by atoms with Crippen LogP contribution in [0.5, 0.6) is 0 Å². The summed E-state index contributed by atoms with van der Waals surface area (Å²) in [4.78, 5) is 3.95. The van der Waals surface area contributed by atoms with E-state index in [-0.39, 0.29) is 11.4 Å². The number of fused-ring (bicyclic) bond motifs is 1. The van der Waals surface area contributed by atoms with Crippen LogP contribution >= 0.6 is 0 Å². The van der Waals surface area contributed by atoms with E-state index in [2.05, 4.69) is 4.98 Å². The van der Waals surface area contributed by atoms with E-state index >= 15 is 0 Å². The van der Waals surface area contributed by atoms with E-state index in [1.807, 2.05) is 0 Å². The summed E-state index contributed by atoms with van der Waals surface area (Å²) in [5.41, 5.74) is 5.80. The highest BCUT2D eigenvalue weighted by atomic mass is 19.1. The first-order valence-electron chi connectivity index (χ1n) is 4.08. The van der Waals surface area contributed by atoms with Gasteiger partial charge in [-0.15, -0.1) is 0 Å². The summed E-state index contributed by atoms with van der Waals surface area (Å²) in [6.45, 7) is 0. The molecular weight excluding hydrogens is 181 g/mol. The number of hydrogen-bond donors (Lipinski definition) is 2. The quantitative estimate of drug-likeness (QED) is 0.529. The SMILES string of the molecule is N=C(N)c1ccc2cccc(F)c2n1. The molecule has 0 bridgehead atoms. The molecule has 0 aliphatic carbocycles. The van der Waals surface area contributed by atoms with Crippen LogP contribution in [0.4, 0.5) is 4.39 Å². The highest BCUT2D eigenvalue weighted by Gasteiger charge is 2.04. The third-order valence-electron chi connectivity index (χ3n) is 1.95. The van der Waals surface area contributed by atoms with Crippen LogP contribution < -0.4 is 5.73 Å². The van der Waals surface area contributed by atoms with Crippen LogP contribution in [0, 0.1) is 11.2 Å². The van der Waals surface area contributed by atoms with Crippen LogP contribution in [0.15, 0.2) is 30.3 Å². The van der Waals surface area contributed by atoms with Crippen LogP contribution in [-0.2, 0) is 0 Å². The van der Waals surface area contributed by atoms with Crippen LogP contribution in [0.1, 0.15) is 5.69 Å². The molecule has 1 aromatic carbocycles. The van der Waals surface area contributed by atoms with Gasteiger partial charge in [-0.05, 0) is 12.1 Å². The van der Waals surface area contributed by atoms with Gasteiger partial charge >= 0.3 is 0 Å². The van der Waals surface area contributed by atoms with E-state index in [0.29, 0.717) is 11.1 Å². The molecule has 2 aromatic rings. The minimum atomic E-state index is -0.398. The minimum Gasteiger partial charge on any atom is -0.382 e. The number of benzene rings is 1. The van der Waals surface area contributed by atoms with Crippen molar-refractivity contribution in [1.29, 1.82) is 5.41 Å². The lowest BCUT2D eigenvalue weighted by Crippen LogP contribution is -2.13. The molecule has 0 saturated carbocycles. The summed E-state index contributed by atoms with van der Waals surface area (Å²) in [5.74, 6) is -0.555. The van der Waals surface area contributed by atoms with Crippen molar-refractivity contribution in [2.75, 3.05) is 0 Å². The number of aromatic nitrogens is 1. The Kier molecular flexibility index (Phi) is 1.89. The first-order chi connectivity index (χ1) is 6.68. The van der Waals surface area contributed by atoms with E-state index < -0.39 is 5.82 Å². The molecule has 14 heavy (non-hydrogen) atoms. The van der Waals surface area contributed by atoms with Gasteiger partial charge in [0, 0.05) is 5.39 Å². The maximum atomic E-state index is 13.3. The van der Waals surface area contributed by atoms with Crippen molar-refractivity contribution in [3.8, 4) is 0 Å². The highest BCUT2D eigenvalue weighted by molar-refractivity contribution is 5.95. The molecule has 1 heterocycles. The van der Waals surface area contributed by atoms with Crippen molar-refractivity contribution in [2.24, 2.45) is 5.73 Å². The van der Waals surface area contributed by atoms with E-state index in [1.165, 1.54) is 6.07 Å². The average molecular weight is 189 g/mol. The van der Waals surface area contributed by atoms with Gasteiger partial charge in [-0.3, -0.25) is 5.41 Å². The molecule has 0 amide bonds. The van der Waals surface area contributed by atoms with Gasteiger partial charge in [0.05, 0.1) is 0 Å². The molecule has 0 fully saturated rings. The van der Waals surface area contributed by atoms with Gasteiger partial charge in [0.25, 0.3) is 0 Å². The number of pyridine rings is 1. The Morgan fingerprint density at radius 2 is 2.07 bits per heavy atom. The Balaban J connectivity index is 2.76. The maximum absolute atomic E-state index is 13.3. The smallest absolute Gasteiger partial charge is 0.149 e.